The summed E-state index contributed by atoms with van der Waals surface area (Å²) in [5.41, 5.74) is 5.06. The fraction of sp³-hybridized carbons (Fsp3) is 0.158. The summed E-state index contributed by atoms with van der Waals surface area (Å²) in [7, 11) is 3.61. The molecule has 0 aliphatic carbocycles. The van der Waals surface area contributed by atoms with Gasteiger partial charge in [-0.2, -0.15) is 5.10 Å². The second-order valence-corrected chi connectivity index (χ2v) is 5.99. The number of hydrogen-bond donors (Lipinski definition) is 0. The quantitative estimate of drug-likeness (QED) is 0.537. The third kappa shape index (κ3) is 1.75. The number of methoxy groups -OCH3 is 1. The van der Waals surface area contributed by atoms with Crippen LogP contribution in [-0.4, -0.2) is 21.9 Å². The average Bonchev–Trinajstić information content (AvgIpc) is 3.01. The Bertz CT molecular complexity index is 1110. The van der Waals surface area contributed by atoms with Crippen LogP contribution in [-0.2, 0) is 13.7 Å². The molecule has 0 atom stereocenters. The topological polar surface area (TPSA) is 49.2 Å². The van der Waals surface area contributed by atoms with Crippen LogP contribution in [0.5, 0.6) is 11.5 Å². The predicted octanol–water partition coefficient (Wildman–Crippen LogP) is 3.69. The lowest BCUT2D eigenvalue weighted by molar-refractivity contribution is 0.301. The molecular formula is C19H15N3O2. The van der Waals surface area contributed by atoms with Crippen molar-refractivity contribution in [2.75, 3.05) is 7.11 Å². The lowest BCUT2D eigenvalue weighted by Crippen LogP contribution is -2.07. The molecule has 0 bridgehead atoms. The van der Waals surface area contributed by atoms with Gasteiger partial charge in [0.15, 0.2) is 0 Å². The third-order valence-electron chi connectivity index (χ3n) is 4.62. The maximum atomic E-state index is 5.88. The highest BCUT2D eigenvalue weighted by Crippen LogP contribution is 2.40. The van der Waals surface area contributed by atoms with Gasteiger partial charge in [-0.3, -0.25) is 4.68 Å². The number of pyridine rings is 1. The van der Waals surface area contributed by atoms with Gasteiger partial charge in [0.2, 0.25) is 0 Å². The van der Waals surface area contributed by atoms with E-state index in [1.807, 2.05) is 36.1 Å². The Morgan fingerprint density at radius 3 is 2.96 bits per heavy atom. The molecule has 24 heavy (non-hydrogen) atoms. The first-order valence-electron chi connectivity index (χ1n) is 7.80. The first-order valence-corrected chi connectivity index (χ1v) is 7.80. The molecule has 2 aromatic heterocycles. The molecule has 1 aliphatic rings. The Balaban J connectivity index is 1.85. The van der Waals surface area contributed by atoms with Gasteiger partial charge in [0, 0.05) is 28.9 Å². The maximum Gasteiger partial charge on any atom is 0.129 e. The van der Waals surface area contributed by atoms with Crippen LogP contribution >= 0.6 is 0 Å². The maximum absolute atomic E-state index is 5.88. The van der Waals surface area contributed by atoms with Crippen molar-refractivity contribution >= 4 is 21.8 Å². The van der Waals surface area contributed by atoms with E-state index in [0.29, 0.717) is 6.61 Å². The summed E-state index contributed by atoms with van der Waals surface area (Å²) >= 11 is 0. The number of fused-ring (bicyclic) bond motifs is 6. The third-order valence-corrected chi connectivity index (χ3v) is 4.62. The minimum absolute atomic E-state index is 0.530. The fourth-order valence-electron chi connectivity index (χ4n) is 3.36. The summed E-state index contributed by atoms with van der Waals surface area (Å²) in [6, 6.07) is 12.2. The van der Waals surface area contributed by atoms with Crippen LogP contribution in [0.3, 0.4) is 0 Å². The second-order valence-electron chi connectivity index (χ2n) is 5.99. The van der Waals surface area contributed by atoms with E-state index in [1.54, 1.807) is 7.11 Å². The first-order chi connectivity index (χ1) is 11.7. The number of benzene rings is 2. The van der Waals surface area contributed by atoms with E-state index in [4.69, 9.17) is 14.5 Å². The molecule has 0 saturated carbocycles. The van der Waals surface area contributed by atoms with Gasteiger partial charge < -0.3 is 9.47 Å². The largest absolute Gasteiger partial charge is 0.497 e. The van der Waals surface area contributed by atoms with E-state index in [1.165, 1.54) is 0 Å². The summed E-state index contributed by atoms with van der Waals surface area (Å²) in [5, 5.41) is 6.53. The van der Waals surface area contributed by atoms with E-state index in [0.717, 1.165) is 50.1 Å². The van der Waals surface area contributed by atoms with Crippen molar-refractivity contribution in [1.29, 1.82) is 0 Å². The molecule has 118 valence electrons. The summed E-state index contributed by atoms with van der Waals surface area (Å²) < 4.78 is 13.1. The predicted molar refractivity (Wildman–Crippen MR) is 92.3 cm³/mol. The Hall–Kier alpha value is -3.08. The molecule has 0 fully saturated rings. The van der Waals surface area contributed by atoms with Gasteiger partial charge in [-0.1, -0.05) is 6.07 Å². The summed E-state index contributed by atoms with van der Waals surface area (Å²) in [4.78, 5) is 4.99. The summed E-state index contributed by atoms with van der Waals surface area (Å²) in [5.74, 6) is 1.64. The Labute approximate surface area is 138 Å². The van der Waals surface area contributed by atoms with Gasteiger partial charge in [0.1, 0.15) is 18.1 Å². The molecule has 1 aliphatic heterocycles. The molecule has 2 aromatic carbocycles. The van der Waals surface area contributed by atoms with Crippen molar-refractivity contribution in [3.8, 4) is 22.8 Å². The van der Waals surface area contributed by atoms with Crippen molar-refractivity contribution in [3.63, 3.8) is 0 Å². The molecule has 0 amide bonds. The molecular weight excluding hydrogens is 302 g/mol. The first kappa shape index (κ1) is 13.4. The molecule has 0 N–H and O–H groups in total. The number of hydrogen-bond acceptors (Lipinski definition) is 4. The van der Waals surface area contributed by atoms with Crippen molar-refractivity contribution in [2.24, 2.45) is 7.05 Å². The van der Waals surface area contributed by atoms with Crippen LogP contribution in [0.25, 0.3) is 33.1 Å². The molecule has 5 rings (SSSR count). The van der Waals surface area contributed by atoms with Gasteiger partial charge in [0.25, 0.3) is 0 Å². The fourth-order valence-corrected chi connectivity index (χ4v) is 3.36. The smallest absolute Gasteiger partial charge is 0.129 e. The standard InChI is InChI=1S/C19H15N3O2/c1-22-16-5-3-11-7-12-10-24-17-6-4-13(23-2)8-14(17)19(12)21-18(11)15(16)9-20-22/h3-9H,10H2,1-2H3. The number of aromatic nitrogens is 3. The van der Waals surface area contributed by atoms with Crippen molar-refractivity contribution in [3.05, 3.63) is 48.2 Å². The zero-order chi connectivity index (χ0) is 16.3. The highest BCUT2D eigenvalue weighted by atomic mass is 16.5. The van der Waals surface area contributed by atoms with E-state index in [2.05, 4.69) is 23.3 Å². The zero-order valence-electron chi connectivity index (χ0n) is 13.4. The Kier molecular flexibility index (Phi) is 2.62. The monoisotopic (exact) mass is 317 g/mol. The Morgan fingerprint density at radius 2 is 2.08 bits per heavy atom. The molecule has 4 aromatic rings. The van der Waals surface area contributed by atoms with Gasteiger partial charge in [-0.15, -0.1) is 0 Å². The molecule has 5 heteroatoms. The minimum atomic E-state index is 0.530. The van der Waals surface area contributed by atoms with Crippen LogP contribution in [0.15, 0.2) is 42.6 Å². The van der Waals surface area contributed by atoms with Crippen LogP contribution in [0, 0.1) is 0 Å². The van der Waals surface area contributed by atoms with E-state index >= 15 is 0 Å². The van der Waals surface area contributed by atoms with Crippen molar-refractivity contribution in [1.82, 2.24) is 14.8 Å². The van der Waals surface area contributed by atoms with Gasteiger partial charge >= 0.3 is 0 Å². The lowest BCUT2D eigenvalue weighted by Gasteiger charge is -2.21. The molecule has 5 nitrogen and oxygen atoms in total. The summed E-state index contributed by atoms with van der Waals surface area (Å²) in [6.45, 7) is 0.530. The van der Waals surface area contributed by atoms with E-state index < -0.39 is 0 Å². The van der Waals surface area contributed by atoms with E-state index in [9.17, 15) is 0 Å². The van der Waals surface area contributed by atoms with Crippen molar-refractivity contribution < 1.29 is 9.47 Å². The lowest BCUT2D eigenvalue weighted by atomic mass is 9.99. The number of rotatable bonds is 1. The molecule has 0 spiro atoms. The molecule has 3 heterocycles. The number of ether oxygens (including phenoxy) is 2. The molecule has 0 radical (unpaired) electrons. The highest BCUT2D eigenvalue weighted by Gasteiger charge is 2.21. The zero-order valence-corrected chi connectivity index (χ0v) is 13.4. The highest BCUT2D eigenvalue weighted by molar-refractivity contribution is 6.05. The van der Waals surface area contributed by atoms with Crippen LogP contribution in [0.2, 0.25) is 0 Å². The minimum Gasteiger partial charge on any atom is -0.497 e. The van der Waals surface area contributed by atoms with Crippen molar-refractivity contribution in [2.45, 2.75) is 6.61 Å². The van der Waals surface area contributed by atoms with E-state index in [-0.39, 0.29) is 0 Å². The van der Waals surface area contributed by atoms with Gasteiger partial charge in [-0.25, -0.2) is 4.98 Å². The summed E-state index contributed by atoms with van der Waals surface area (Å²) in [6.07, 6.45) is 1.88. The molecule has 0 unspecified atom stereocenters. The van der Waals surface area contributed by atoms with Crippen LogP contribution < -0.4 is 9.47 Å². The second kappa shape index (κ2) is 4.71. The number of aryl methyl sites for hydroxylation is 1. The molecule has 0 saturated heterocycles. The normalized spacial score (nSPS) is 12.8. The van der Waals surface area contributed by atoms with Gasteiger partial charge in [0.05, 0.1) is 30.0 Å². The Morgan fingerprint density at radius 1 is 1.17 bits per heavy atom. The van der Waals surface area contributed by atoms with Gasteiger partial charge in [-0.05, 0) is 30.3 Å². The van der Waals surface area contributed by atoms with Crippen LogP contribution in [0.4, 0.5) is 0 Å². The SMILES string of the molecule is COc1ccc2c(c1)-c1nc3c(ccc4c3cnn4C)cc1CO2. The average molecular weight is 317 g/mol. The number of nitrogens with zero attached hydrogens (tertiary/aromatic N) is 3. The van der Waals surface area contributed by atoms with Crippen LogP contribution in [0.1, 0.15) is 5.56 Å².